The van der Waals surface area contributed by atoms with Gasteiger partial charge in [0.15, 0.2) is 0 Å². The third-order valence-electron chi connectivity index (χ3n) is 8.21. The van der Waals surface area contributed by atoms with Crippen LogP contribution in [0.4, 0.5) is 11.4 Å². The summed E-state index contributed by atoms with van der Waals surface area (Å²) in [6, 6.07) is 20.8. The minimum absolute atomic E-state index is 0.0428. The molecule has 6 nitrogen and oxygen atoms in total. The van der Waals surface area contributed by atoms with E-state index in [1.54, 1.807) is 0 Å². The van der Waals surface area contributed by atoms with E-state index in [1.165, 1.54) is 0 Å². The van der Waals surface area contributed by atoms with Crippen molar-refractivity contribution in [2.45, 2.75) is 33.2 Å². The van der Waals surface area contributed by atoms with Crippen LogP contribution in [0.3, 0.4) is 0 Å². The van der Waals surface area contributed by atoms with E-state index >= 15 is 0 Å². The molecule has 2 heterocycles. The first-order valence-electron chi connectivity index (χ1n) is 14.4. The number of nitrogens with zero attached hydrogens (tertiary/aromatic N) is 4. The molecule has 2 aliphatic heterocycles. The van der Waals surface area contributed by atoms with E-state index in [9.17, 15) is 4.79 Å². The van der Waals surface area contributed by atoms with E-state index in [2.05, 4.69) is 93.1 Å². The van der Waals surface area contributed by atoms with Crippen molar-refractivity contribution >= 4 is 17.3 Å². The Hall–Kier alpha value is -4.03. The van der Waals surface area contributed by atoms with E-state index in [0.29, 0.717) is 18.7 Å². The lowest BCUT2D eigenvalue weighted by Crippen LogP contribution is -2.56. The predicted octanol–water partition coefficient (Wildman–Crippen LogP) is 6.82. The number of hydrogen-bond acceptors (Lipinski definition) is 5. The zero-order valence-electron chi connectivity index (χ0n) is 24.2. The first kappa shape index (κ1) is 27.5. The summed E-state index contributed by atoms with van der Waals surface area (Å²) < 4.78 is 6.77. The molecule has 0 aliphatic carbocycles. The molecule has 2 aliphatic rings. The summed E-state index contributed by atoms with van der Waals surface area (Å²) in [6.07, 6.45) is 3.67. The first-order valence-corrected chi connectivity index (χ1v) is 14.4. The van der Waals surface area contributed by atoms with Crippen LogP contribution in [0, 0.1) is 0 Å². The Morgan fingerprint density at radius 1 is 0.750 bits per heavy atom. The van der Waals surface area contributed by atoms with E-state index in [1.807, 2.05) is 40.4 Å². The third kappa shape index (κ3) is 4.09. The standard InChI is InChI=1S/C34H40N4O2/c1-7-21-37(22-8-2)38-33(39)27-15-13-14-16-28(27)34(38)29-19-17-25(35(9-3)10-4)23-31(29)40-32-24-26(18-20-30(32)34)36(11-5)12-6/h7-8,13-20,23-24H,1-2,9-12,21-22H2,3-6H3. The zero-order valence-corrected chi connectivity index (χ0v) is 24.2. The lowest BCUT2D eigenvalue weighted by Gasteiger charge is -2.48. The van der Waals surface area contributed by atoms with Crippen LogP contribution in [-0.4, -0.2) is 55.2 Å². The molecule has 3 aromatic rings. The molecule has 208 valence electrons. The molecule has 3 aromatic carbocycles. The predicted molar refractivity (Wildman–Crippen MR) is 165 cm³/mol. The topological polar surface area (TPSA) is 39.3 Å². The van der Waals surface area contributed by atoms with Crippen molar-refractivity contribution in [1.82, 2.24) is 10.0 Å². The van der Waals surface area contributed by atoms with Gasteiger partial charge in [-0.1, -0.05) is 42.5 Å². The molecular weight excluding hydrogens is 496 g/mol. The zero-order chi connectivity index (χ0) is 28.4. The normalized spacial score (nSPS) is 14.4. The Bertz CT molecular complexity index is 1350. The number of hydrogen-bond donors (Lipinski definition) is 0. The van der Waals surface area contributed by atoms with Crippen LogP contribution >= 0.6 is 0 Å². The third-order valence-corrected chi connectivity index (χ3v) is 8.21. The van der Waals surface area contributed by atoms with E-state index in [-0.39, 0.29) is 5.91 Å². The highest BCUT2D eigenvalue weighted by Gasteiger charge is 2.58. The molecular formula is C34H40N4O2. The van der Waals surface area contributed by atoms with Gasteiger partial charge in [-0.3, -0.25) is 9.80 Å². The Morgan fingerprint density at radius 3 is 1.73 bits per heavy atom. The van der Waals surface area contributed by atoms with E-state index in [4.69, 9.17) is 4.74 Å². The molecule has 40 heavy (non-hydrogen) atoms. The van der Waals surface area contributed by atoms with E-state index < -0.39 is 5.54 Å². The van der Waals surface area contributed by atoms with Crippen molar-refractivity contribution < 1.29 is 9.53 Å². The van der Waals surface area contributed by atoms with Gasteiger partial charge in [0.2, 0.25) is 0 Å². The summed E-state index contributed by atoms with van der Waals surface area (Å²) >= 11 is 0. The van der Waals surface area contributed by atoms with Gasteiger partial charge in [-0.2, -0.15) is 0 Å². The van der Waals surface area contributed by atoms with Crippen molar-refractivity contribution in [3.8, 4) is 11.5 Å². The molecule has 0 fully saturated rings. The SMILES string of the molecule is C=CCN(CC=C)N1C(=O)c2ccccc2C12c1ccc(N(CC)CC)cc1Oc1cc(N(CC)CC)ccc12. The van der Waals surface area contributed by atoms with Crippen molar-refractivity contribution in [2.75, 3.05) is 49.1 Å². The average molecular weight is 537 g/mol. The van der Waals surface area contributed by atoms with Crippen LogP contribution in [0.1, 0.15) is 54.7 Å². The number of benzene rings is 3. The molecule has 6 heteroatoms. The number of rotatable bonds is 11. The quantitative estimate of drug-likeness (QED) is 0.252. The second-order valence-corrected chi connectivity index (χ2v) is 10.1. The highest BCUT2D eigenvalue weighted by molar-refractivity contribution is 6.02. The number of carbonyl (C=O) groups excluding carboxylic acids is 1. The molecule has 0 N–H and O–H groups in total. The van der Waals surface area contributed by atoms with Crippen LogP contribution in [0.15, 0.2) is 86.0 Å². The fourth-order valence-corrected chi connectivity index (χ4v) is 6.38. The second kappa shape index (κ2) is 11.2. The molecule has 0 unspecified atom stereocenters. The minimum Gasteiger partial charge on any atom is -0.456 e. The summed E-state index contributed by atoms with van der Waals surface area (Å²) in [4.78, 5) is 19.0. The number of amides is 1. The van der Waals surface area contributed by atoms with Gasteiger partial charge in [0.1, 0.15) is 17.0 Å². The van der Waals surface area contributed by atoms with Crippen molar-refractivity contribution in [2.24, 2.45) is 0 Å². The van der Waals surface area contributed by atoms with Crippen LogP contribution < -0.4 is 14.5 Å². The number of fused-ring (bicyclic) bond motifs is 6. The lowest BCUT2D eigenvalue weighted by molar-refractivity contribution is -0.0340. The number of anilines is 2. The summed E-state index contributed by atoms with van der Waals surface area (Å²) in [5.74, 6) is 1.49. The Morgan fingerprint density at radius 2 is 1.25 bits per heavy atom. The van der Waals surface area contributed by atoms with Gasteiger partial charge in [-0.15, -0.1) is 13.2 Å². The van der Waals surface area contributed by atoms with Crippen LogP contribution in [0.2, 0.25) is 0 Å². The molecule has 0 aromatic heterocycles. The highest BCUT2D eigenvalue weighted by atomic mass is 16.5. The Kier molecular flexibility index (Phi) is 7.72. The summed E-state index contributed by atoms with van der Waals surface area (Å²) in [5.41, 5.74) is 4.83. The minimum atomic E-state index is -0.911. The van der Waals surface area contributed by atoms with Crippen LogP contribution in [0.25, 0.3) is 0 Å². The summed E-state index contributed by atoms with van der Waals surface area (Å²) in [6.45, 7) is 21.2. The monoisotopic (exact) mass is 536 g/mol. The fourth-order valence-electron chi connectivity index (χ4n) is 6.38. The Balaban J connectivity index is 1.86. The average Bonchev–Trinajstić information content (AvgIpc) is 3.23. The first-order chi connectivity index (χ1) is 19.5. The van der Waals surface area contributed by atoms with Gasteiger partial charge < -0.3 is 14.5 Å². The van der Waals surface area contributed by atoms with Gasteiger partial charge in [0.25, 0.3) is 5.91 Å². The van der Waals surface area contributed by atoms with Gasteiger partial charge in [0, 0.05) is 85.0 Å². The Labute approximate surface area is 238 Å². The molecule has 0 saturated heterocycles. The van der Waals surface area contributed by atoms with Gasteiger partial charge in [0.05, 0.1) is 0 Å². The molecule has 5 rings (SSSR count). The maximum atomic E-state index is 14.4. The largest absolute Gasteiger partial charge is 0.456 e. The second-order valence-electron chi connectivity index (χ2n) is 10.1. The van der Waals surface area contributed by atoms with Crippen LogP contribution in [-0.2, 0) is 5.54 Å². The molecule has 0 bridgehead atoms. The summed E-state index contributed by atoms with van der Waals surface area (Å²) in [7, 11) is 0. The lowest BCUT2D eigenvalue weighted by atomic mass is 9.75. The number of carbonyl (C=O) groups is 1. The number of hydrazine groups is 1. The van der Waals surface area contributed by atoms with E-state index in [0.717, 1.165) is 65.7 Å². The number of ether oxygens (including phenoxy) is 1. The van der Waals surface area contributed by atoms with Crippen molar-refractivity contribution in [3.63, 3.8) is 0 Å². The van der Waals surface area contributed by atoms with Crippen LogP contribution in [0.5, 0.6) is 11.5 Å². The molecule has 0 atom stereocenters. The molecule has 1 amide bonds. The smallest absolute Gasteiger partial charge is 0.270 e. The van der Waals surface area contributed by atoms with Gasteiger partial charge >= 0.3 is 0 Å². The van der Waals surface area contributed by atoms with Crippen molar-refractivity contribution in [3.05, 3.63) is 108 Å². The van der Waals surface area contributed by atoms with Crippen molar-refractivity contribution in [1.29, 1.82) is 0 Å². The van der Waals surface area contributed by atoms with Gasteiger partial charge in [-0.25, -0.2) is 5.01 Å². The highest BCUT2D eigenvalue weighted by Crippen LogP contribution is 2.58. The molecule has 0 saturated carbocycles. The molecule has 0 radical (unpaired) electrons. The molecule has 1 spiro atoms. The maximum absolute atomic E-state index is 14.4. The summed E-state index contributed by atoms with van der Waals surface area (Å²) in [5, 5.41) is 3.97. The van der Waals surface area contributed by atoms with Gasteiger partial charge in [-0.05, 0) is 45.9 Å². The fraction of sp³-hybridized carbons (Fsp3) is 0.324. The maximum Gasteiger partial charge on any atom is 0.270 e.